The smallest absolute Gasteiger partial charge is 0.326 e. The molecule has 1 heterocycles. The number of carboxylic acids is 1. The SMILES string of the molecule is CCCCSCC(=O)N1CCC(C)CC1C(=O)O. The third kappa shape index (κ3) is 4.52. The van der Waals surface area contributed by atoms with E-state index in [1.165, 1.54) is 0 Å². The Hall–Kier alpha value is -0.710. The lowest BCUT2D eigenvalue weighted by Gasteiger charge is -2.36. The van der Waals surface area contributed by atoms with Crippen molar-refractivity contribution in [2.75, 3.05) is 18.1 Å². The van der Waals surface area contributed by atoms with Gasteiger partial charge in [0.2, 0.25) is 5.91 Å². The third-order valence-corrected chi connectivity index (χ3v) is 4.37. The highest BCUT2D eigenvalue weighted by atomic mass is 32.2. The number of piperidine rings is 1. The molecule has 0 aliphatic carbocycles. The van der Waals surface area contributed by atoms with Crippen LogP contribution in [0.3, 0.4) is 0 Å². The summed E-state index contributed by atoms with van der Waals surface area (Å²) in [7, 11) is 0. The van der Waals surface area contributed by atoms with Crippen molar-refractivity contribution in [3.63, 3.8) is 0 Å². The van der Waals surface area contributed by atoms with Crippen molar-refractivity contribution in [3.8, 4) is 0 Å². The maximum absolute atomic E-state index is 12.0. The van der Waals surface area contributed by atoms with Gasteiger partial charge < -0.3 is 10.0 Å². The Kier molecular flexibility index (Phi) is 6.54. The van der Waals surface area contributed by atoms with Gasteiger partial charge in [-0.1, -0.05) is 20.3 Å². The highest BCUT2D eigenvalue weighted by Crippen LogP contribution is 2.23. The predicted molar refractivity (Wildman–Crippen MR) is 73.8 cm³/mol. The van der Waals surface area contributed by atoms with Crippen LogP contribution in [0.5, 0.6) is 0 Å². The van der Waals surface area contributed by atoms with Gasteiger partial charge in [0.1, 0.15) is 6.04 Å². The second kappa shape index (κ2) is 7.67. The largest absolute Gasteiger partial charge is 0.480 e. The number of rotatable bonds is 6. The molecule has 0 aromatic carbocycles. The molecule has 1 fully saturated rings. The molecule has 1 amide bonds. The Balaban J connectivity index is 2.46. The first kappa shape index (κ1) is 15.3. The van der Waals surface area contributed by atoms with Crippen molar-refractivity contribution in [1.82, 2.24) is 4.90 Å². The standard InChI is InChI=1S/C13H23NO3S/c1-3-4-7-18-9-12(15)14-6-5-10(2)8-11(14)13(16)17/h10-11H,3-9H2,1-2H3,(H,16,17). The average Bonchev–Trinajstić information content (AvgIpc) is 2.34. The minimum Gasteiger partial charge on any atom is -0.480 e. The molecule has 2 atom stereocenters. The van der Waals surface area contributed by atoms with Crippen LogP contribution in [0.4, 0.5) is 0 Å². The molecular weight excluding hydrogens is 250 g/mol. The summed E-state index contributed by atoms with van der Waals surface area (Å²) < 4.78 is 0. The van der Waals surface area contributed by atoms with E-state index in [-0.39, 0.29) is 5.91 Å². The van der Waals surface area contributed by atoms with Gasteiger partial charge in [0.25, 0.3) is 0 Å². The van der Waals surface area contributed by atoms with E-state index in [1.54, 1.807) is 16.7 Å². The molecule has 2 unspecified atom stereocenters. The first-order valence-electron chi connectivity index (χ1n) is 6.66. The first-order valence-corrected chi connectivity index (χ1v) is 7.81. The number of carbonyl (C=O) groups excluding carboxylic acids is 1. The van der Waals surface area contributed by atoms with Crippen LogP contribution in [0.15, 0.2) is 0 Å². The minimum atomic E-state index is -0.867. The summed E-state index contributed by atoms with van der Waals surface area (Å²) in [6.45, 7) is 4.76. The molecule has 0 saturated carbocycles. The summed E-state index contributed by atoms with van der Waals surface area (Å²) in [5.74, 6) is 0.898. The Morgan fingerprint density at radius 2 is 2.17 bits per heavy atom. The lowest BCUT2D eigenvalue weighted by molar-refractivity contribution is -0.151. The van der Waals surface area contributed by atoms with Crippen molar-refractivity contribution in [2.24, 2.45) is 5.92 Å². The summed E-state index contributed by atoms with van der Waals surface area (Å²) in [4.78, 5) is 24.8. The lowest BCUT2D eigenvalue weighted by atomic mass is 9.92. The quantitative estimate of drug-likeness (QED) is 0.754. The Bertz CT molecular complexity index is 296. The maximum atomic E-state index is 12.0. The van der Waals surface area contributed by atoms with Crippen LogP contribution < -0.4 is 0 Å². The van der Waals surface area contributed by atoms with Crippen LogP contribution in [0.2, 0.25) is 0 Å². The number of amides is 1. The number of nitrogens with zero attached hydrogens (tertiary/aromatic N) is 1. The van der Waals surface area contributed by atoms with Crippen LogP contribution >= 0.6 is 11.8 Å². The van der Waals surface area contributed by atoms with Crippen molar-refractivity contribution in [2.45, 2.75) is 45.6 Å². The summed E-state index contributed by atoms with van der Waals surface area (Å²) in [6, 6.07) is -0.618. The van der Waals surface area contributed by atoms with Crippen molar-refractivity contribution in [1.29, 1.82) is 0 Å². The summed E-state index contributed by atoms with van der Waals surface area (Å²) in [5.41, 5.74) is 0. The van der Waals surface area contributed by atoms with Crippen molar-refractivity contribution >= 4 is 23.6 Å². The predicted octanol–water partition coefficient (Wildman–Crippen LogP) is 2.23. The van der Waals surface area contributed by atoms with E-state index in [4.69, 9.17) is 0 Å². The number of likely N-dealkylation sites (tertiary alicyclic amines) is 1. The van der Waals surface area contributed by atoms with E-state index in [2.05, 4.69) is 6.92 Å². The highest BCUT2D eigenvalue weighted by molar-refractivity contribution is 7.99. The van der Waals surface area contributed by atoms with Crippen LogP contribution in [0.1, 0.15) is 39.5 Å². The molecule has 104 valence electrons. The van der Waals surface area contributed by atoms with E-state index in [9.17, 15) is 14.7 Å². The van der Waals surface area contributed by atoms with E-state index >= 15 is 0 Å². The maximum Gasteiger partial charge on any atom is 0.326 e. The van der Waals surface area contributed by atoms with Gasteiger partial charge in [-0.2, -0.15) is 11.8 Å². The minimum absolute atomic E-state index is 0.0181. The molecule has 1 N–H and O–H groups in total. The number of thioether (sulfide) groups is 1. The summed E-state index contributed by atoms with van der Waals surface area (Å²) in [6.07, 6.45) is 3.73. The lowest BCUT2D eigenvalue weighted by Crippen LogP contribution is -2.50. The number of carboxylic acid groups (broad SMARTS) is 1. The molecule has 0 radical (unpaired) electrons. The van der Waals surface area contributed by atoms with Gasteiger partial charge in [0.15, 0.2) is 0 Å². The summed E-state index contributed by atoms with van der Waals surface area (Å²) in [5, 5.41) is 9.18. The monoisotopic (exact) mass is 273 g/mol. The van der Waals surface area contributed by atoms with Crippen molar-refractivity contribution in [3.05, 3.63) is 0 Å². The van der Waals surface area contributed by atoms with E-state index in [0.717, 1.165) is 25.0 Å². The number of carbonyl (C=O) groups is 2. The molecule has 1 aliphatic rings. The molecule has 0 spiro atoms. The van der Waals surface area contributed by atoms with E-state index in [1.807, 2.05) is 6.92 Å². The van der Waals surface area contributed by atoms with Crippen LogP contribution in [-0.2, 0) is 9.59 Å². The van der Waals surface area contributed by atoms with Gasteiger partial charge in [-0.15, -0.1) is 0 Å². The van der Waals surface area contributed by atoms with Gasteiger partial charge in [-0.25, -0.2) is 4.79 Å². The van der Waals surface area contributed by atoms with Gasteiger partial charge >= 0.3 is 5.97 Å². The number of hydrogen-bond donors (Lipinski definition) is 1. The second-order valence-electron chi connectivity index (χ2n) is 4.98. The molecule has 1 saturated heterocycles. The zero-order chi connectivity index (χ0) is 13.5. The van der Waals surface area contributed by atoms with E-state index in [0.29, 0.717) is 24.6 Å². The molecule has 0 aromatic heterocycles. The van der Waals surface area contributed by atoms with E-state index < -0.39 is 12.0 Å². The molecule has 0 aromatic rings. The third-order valence-electron chi connectivity index (χ3n) is 3.34. The number of hydrogen-bond acceptors (Lipinski definition) is 3. The topological polar surface area (TPSA) is 57.6 Å². The number of aliphatic carboxylic acids is 1. The molecule has 18 heavy (non-hydrogen) atoms. The fourth-order valence-electron chi connectivity index (χ4n) is 2.16. The Labute approximate surface area is 113 Å². The van der Waals surface area contributed by atoms with Gasteiger partial charge in [-0.3, -0.25) is 4.79 Å². The fourth-order valence-corrected chi connectivity index (χ4v) is 3.14. The number of unbranched alkanes of at least 4 members (excludes halogenated alkanes) is 1. The second-order valence-corrected chi connectivity index (χ2v) is 6.08. The normalized spacial score (nSPS) is 24.0. The molecule has 1 aliphatic heterocycles. The summed E-state index contributed by atoms with van der Waals surface area (Å²) >= 11 is 1.61. The zero-order valence-electron chi connectivity index (χ0n) is 11.2. The molecule has 1 rings (SSSR count). The van der Waals surface area contributed by atoms with Crippen molar-refractivity contribution < 1.29 is 14.7 Å². The van der Waals surface area contributed by atoms with Crippen LogP contribution in [0, 0.1) is 5.92 Å². The van der Waals surface area contributed by atoms with Crippen LogP contribution in [0.25, 0.3) is 0 Å². The average molecular weight is 273 g/mol. The first-order chi connectivity index (χ1) is 8.56. The molecule has 0 bridgehead atoms. The van der Waals surface area contributed by atoms with Gasteiger partial charge in [0.05, 0.1) is 5.75 Å². The van der Waals surface area contributed by atoms with Gasteiger partial charge in [0, 0.05) is 6.54 Å². The molecule has 4 nitrogen and oxygen atoms in total. The van der Waals surface area contributed by atoms with Crippen LogP contribution in [-0.4, -0.2) is 46.0 Å². The Morgan fingerprint density at radius 1 is 1.44 bits per heavy atom. The molecular formula is C13H23NO3S. The zero-order valence-corrected chi connectivity index (χ0v) is 12.0. The Morgan fingerprint density at radius 3 is 2.78 bits per heavy atom. The van der Waals surface area contributed by atoms with Gasteiger partial charge in [-0.05, 0) is 30.9 Å². The molecule has 5 heteroatoms. The fraction of sp³-hybridized carbons (Fsp3) is 0.846. The highest BCUT2D eigenvalue weighted by Gasteiger charge is 2.34.